The van der Waals surface area contributed by atoms with Gasteiger partial charge in [0, 0.05) is 37.1 Å². The van der Waals surface area contributed by atoms with Gasteiger partial charge in [0.2, 0.25) is 10.0 Å². The van der Waals surface area contributed by atoms with Crippen molar-refractivity contribution in [2.45, 2.75) is 51.0 Å². The van der Waals surface area contributed by atoms with Gasteiger partial charge in [-0.05, 0) is 56.5 Å². The summed E-state index contributed by atoms with van der Waals surface area (Å²) in [6.45, 7) is 6.79. The Bertz CT molecular complexity index is 1130. The Morgan fingerprint density at radius 1 is 1.31 bits per heavy atom. The maximum Gasteiger partial charge on any atom is 0.240 e. The molecular weight excluding hydrogens is 428 g/mol. The highest BCUT2D eigenvalue weighted by Crippen LogP contribution is 2.30. The molecule has 0 aliphatic carbocycles. The molecule has 5 N–H and O–H groups in total. The molecule has 0 fully saturated rings. The molecule has 8 nitrogen and oxygen atoms in total. The monoisotopic (exact) mass is 460 g/mol. The lowest BCUT2D eigenvalue weighted by atomic mass is 10.00. The van der Waals surface area contributed by atoms with Gasteiger partial charge >= 0.3 is 0 Å². The van der Waals surface area contributed by atoms with Crippen molar-refractivity contribution in [3.8, 4) is 11.1 Å². The minimum absolute atomic E-state index is 0.0563. The van der Waals surface area contributed by atoms with Gasteiger partial charge in [-0.1, -0.05) is 19.4 Å². The number of aliphatic hydroxyl groups excluding tert-OH is 1. The lowest BCUT2D eigenvalue weighted by Crippen LogP contribution is -2.38. The van der Waals surface area contributed by atoms with Gasteiger partial charge < -0.3 is 15.9 Å². The first kappa shape index (κ1) is 25.5. The van der Waals surface area contributed by atoms with Crippen LogP contribution in [0.4, 0.5) is 5.82 Å². The van der Waals surface area contributed by atoms with E-state index >= 15 is 0 Å². The molecule has 1 heterocycles. The summed E-state index contributed by atoms with van der Waals surface area (Å²) in [7, 11) is -2.17. The third-order valence-electron chi connectivity index (χ3n) is 4.82. The lowest BCUT2D eigenvalue weighted by Gasteiger charge is -2.18. The number of nitrogens with two attached hydrogens (primary N) is 1. The van der Waals surface area contributed by atoms with E-state index in [1.165, 1.54) is 32.2 Å². The van der Waals surface area contributed by atoms with Crippen molar-refractivity contribution >= 4 is 27.3 Å². The zero-order chi connectivity index (χ0) is 24.1. The van der Waals surface area contributed by atoms with Crippen molar-refractivity contribution in [1.82, 2.24) is 9.71 Å². The number of aryl methyl sites for hydroxylation is 1. The quantitative estimate of drug-likeness (QED) is 0.334. The SMILES string of the molecule is CCCC(/C=C(\O)c1cc(-c2cc(S(=O)(=O)NCC(C)(C)O)ccc2C)cnc1N)=N/C. The van der Waals surface area contributed by atoms with E-state index in [1.807, 2.05) is 13.8 Å². The van der Waals surface area contributed by atoms with Gasteiger partial charge in [-0.25, -0.2) is 18.1 Å². The Morgan fingerprint density at radius 3 is 2.59 bits per heavy atom. The molecule has 0 saturated heterocycles. The summed E-state index contributed by atoms with van der Waals surface area (Å²) in [5.41, 5.74) is 7.96. The number of anilines is 1. The van der Waals surface area contributed by atoms with E-state index in [0.717, 1.165) is 17.7 Å². The minimum atomic E-state index is -3.83. The molecule has 0 spiro atoms. The minimum Gasteiger partial charge on any atom is -0.507 e. The summed E-state index contributed by atoms with van der Waals surface area (Å²) in [4.78, 5) is 8.42. The predicted octanol–water partition coefficient (Wildman–Crippen LogP) is 3.46. The number of benzene rings is 1. The molecule has 0 radical (unpaired) electrons. The molecule has 9 heteroatoms. The van der Waals surface area contributed by atoms with E-state index in [2.05, 4.69) is 14.7 Å². The van der Waals surface area contributed by atoms with E-state index in [9.17, 15) is 18.6 Å². The van der Waals surface area contributed by atoms with Crippen LogP contribution in [-0.2, 0) is 10.0 Å². The van der Waals surface area contributed by atoms with Gasteiger partial charge in [-0.2, -0.15) is 0 Å². The van der Waals surface area contributed by atoms with E-state index in [-0.39, 0.29) is 23.0 Å². The molecule has 0 amide bonds. The number of hydrogen-bond donors (Lipinski definition) is 4. The average molecular weight is 461 g/mol. The number of nitrogens with zero attached hydrogens (tertiary/aromatic N) is 2. The van der Waals surface area contributed by atoms with Gasteiger partial charge in [0.25, 0.3) is 0 Å². The summed E-state index contributed by atoms with van der Waals surface area (Å²) >= 11 is 0. The van der Waals surface area contributed by atoms with Gasteiger partial charge in [-0.15, -0.1) is 0 Å². The molecule has 0 aliphatic rings. The van der Waals surface area contributed by atoms with Crippen LogP contribution in [0.1, 0.15) is 44.7 Å². The molecule has 0 unspecified atom stereocenters. The summed E-state index contributed by atoms with van der Waals surface area (Å²) in [6.07, 6.45) is 4.70. The summed E-state index contributed by atoms with van der Waals surface area (Å²) < 4.78 is 27.8. The Balaban J connectivity index is 2.50. The van der Waals surface area contributed by atoms with E-state index in [4.69, 9.17) is 5.73 Å². The predicted molar refractivity (Wildman–Crippen MR) is 129 cm³/mol. The second-order valence-electron chi connectivity index (χ2n) is 8.27. The molecule has 1 aromatic heterocycles. The Labute approximate surface area is 190 Å². The largest absolute Gasteiger partial charge is 0.507 e. The molecule has 2 aromatic rings. The molecule has 174 valence electrons. The van der Waals surface area contributed by atoms with Crippen molar-refractivity contribution in [1.29, 1.82) is 0 Å². The first-order valence-electron chi connectivity index (χ1n) is 10.3. The standard InChI is InChI=1S/C23H32N4O4S/c1-6-7-17(25-5)11-21(28)20-10-16(13-26-22(20)24)19-12-18(9-8-15(19)2)32(30,31)27-14-23(3,4)29/h8-13,27-29H,6-7,14H2,1-5H3,(H2,24,26)/b21-11-,25-17-. The van der Waals surface area contributed by atoms with Gasteiger partial charge in [0.05, 0.1) is 16.1 Å². The van der Waals surface area contributed by atoms with Crippen molar-refractivity contribution in [2.75, 3.05) is 19.3 Å². The molecule has 1 aromatic carbocycles. The Hall–Kier alpha value is -2.75. The number of nitrogen functional groups attached to an aromatic ring is 1. The molecule has 32 heavy (non-hydrogen) atoms. The van der Waals surface area contributed by atoms with Crippen LogP contribution < -0.4 is 10.5 Å². The van der Waals surface area contributed by atoms with Crippen LogP contribution in [0.3, 0.4) is 0 Å². The number of aliphatic hydroxyl groups is 2. The number of aliphatic imine (C=N–C) groups is 1. The van der Waals surface area contributed by atoms with Crippen LogP contribution in [-0.4, -0.2) is 48.5 Å². The van der Waals surface area contributed by atoms with Gasteiger partial charge in [-0.3, -0.25) is 4.99 Å². The summed E-state index contributed by atoms with van der Waals surface area (Å²) in [6, 6.07) is 6.41. The zero-order valence-corrected chi connectivity index (χ0v) is 20.0. The zero-order valence-electron chi connectivity index (χ0n) is 19.2. The Kier molecular flexibility index (Phi) is 8.17. The van der Waals surface area contributed by atoms with Gasteiger partial charge in [0.1, 0.15) is 11.6 Å². The number of allylic oxidation sites excluding steroid dienone is 1. The molecular formula is C23H32N4O4S. The molecule has 0 bridgehead atoms. The van der Waals surface area contributed by atoms with Crippen LogP contribution in [0, 0.1) is 6.92 Å². The summed E-state index contributed by atoms with van der Waals surface area (Å²) in [5, 5.41) is 20.5. The topological polar surface area (TPSA) is 138 Å². The smallest absolute Gasteiger partial charge is 0.240 e. The molecule has 2 rings (SSSR count). The Morgan fingerprint density at radius 2 is 2.00 bits per heavy atom. The fourth-order valence-electron chi connectivity index (χ4n) is 3.00. The van der Waals surface area contributed by atoms with E-state index in [0.29, 0.717) is 23.1 Å². The van der Waals surface area contributed by atoms with Crippen molar-refractivity contribution < 1.29 is 18.6 Å². The number of aromatic nitrogens is 1. The van der Waals surface area contributed by atoms with Crippen LogP contribution in [0.2, 0.25) is 0 Å². The van der Waals surface area contributed by atoms with Crippen LogP contribution in [0.25, 0.3) is 16.9 Å². The second-order valence-corrected chi connectivity index (χ2v) is 10.0. The first-order valence-corrected chi connectivity index (χ1v) is 11.8. The number of rotatable bonds is 9. The number of pyridine rings is 1. The highest BCUT2D eigenvalue weighted by atomic mass is 32.2. The number of nitrogens with one attached hydrogen (secondary N) is 1. The van der Waals surface area contributed by atoms with Crippen LogP contribution in [0.15, 0.2) is 46.4 Å². The molecule has 0 atom stereocenters. The molecule has 0 aliphatic heterocycles. The van der Waals surface area contributed by atoms with Crippen molar-refractivity contribution in [3.05, 3.63) is 47.7 Å². The maximum atomic E-state index is 12.7. The van der Waals surface area contributed by atoms with Crippen LogP contribution in [0.5, 0.6) is 0 Å². The highest BCUT2D eigenvalue weighted by Gasteiger charge is 2.21. The number of sulfonamides is 1. The fraction of sp³-hybridized carbons (Fsp3) is 0.391. The lowest BCUT2D eigenvalue weighted by molar-refractivity contribution is 0.0857. The first-order chi connectivity index (χ1) is 14.9. The average Bonchev–Trinajstić information content (AvgIpc) is 2.72. The summed E-state index contributed by atoms with van der Waals surface area (Å²) in [5.74, 6) is 0.0990. The number of hydrogen-bond acceptors (Lipinski definition) is 7. The van der Waals surface area contributed by atoms with E-state index in [1.54, 1.807) is 25.3 Å². The van der Waals surface area contributed by atoms with Gasteiger partial charge in [0.15, 0.2) is 0 Å². The second kappa shape index (κ2) is 10.2. The highest BCUT2D eigenvalue weighted by molar-refractivity contribution is 7.89. The molecule has 0 saturated carbocycles. The van der Waals surface area contributed by atoms with Crippen molar-refractivity contribution in [2.24, 2.45) is 4.99 Å². The maximum absolute atomic E-state index is 12.7. The van der Waals surface area contributed by atoms with Crippen LogP contribution >= 0.6 is 0 Å². The third kappa shape index (κ3) is 6.62. The van der Waals surface area contributed by atoms with Crippen molar-refractivity contribution in [3.63, 3.8) is 0 Å². The van der Waals surface area contributed by atoms with E-state index < -0.39 is 15.6 Å². The fourth-order valence-corrected chi connectivity index (χ4v) is 4.23. The third-order valence-corrected chi connectivity index (χ3v) is 6.22. The normalized spacial score (nSPS) is 13.4.